The molecule has 4 N–H and O–H groups in total. The third-order valence-electron chi connectivity index (χ3n) is 3.59. The van der Waals surface area contributed by atoms with Crippen molar-refractivity contribution in [1.29, 1.82) is 0 Å². The van der Waals surface area contributed by atoms with Crippen LogP contribution in [0.2, 0.25) is 0 Å². The Morgan fingerprint density at radius 3 is 2.48 bits per heavy atom. The number of nitrogens with one attached hydrogen (secondary N) is 1. The number of hydrogen-bond acceptors (Lipinski definition) is 3. The molecule has 0 unspecified atom stereocenters. The summed E-state index contributed by atoms with van der Waals surface area (Å²) in [5.74, 6) is 2.10. The SMILES string of the molecule is C#CCCC(=O)[C@H](Cc1ccccc1)NC(=O)[C@@H]([NH3+])COC(C)(C)C. The van der Waals surface area contributed by atoms with Gasteiger partial charge in [-0.25, -0.2) is 0 Å². The maximum Gasteiger partial charge on any atom is 0.281 e. The number of hydrogen-bond donors (Lipinski definition) is 2. The van der Waals surface area contributed by atoms with Crippen molar-refractivity contribution in [1.82, 2.24) is 5.32 Å². The second kappa shape index (κ2) is 9.97. The Morgan fingerprint density at radius 2 is 1.92 bits per heavy atom. The zero-order valence-electron chi connectivity index (χ0n) is 15.4. The third kappa shape index (κ3) is 8.48. The maximum atomic E-state index is 12.4. The average Bonchev–Trinajstić information content (AvgIpc) is 2.57. The quantitative estimate of drug-likeness (QED) is 0.658. The summed E-state index contributed by atoms with van der Waals surface area (Å²) in [6.07, 6.45) is 6.28. The number of Topliss-reactive ketones (excluding diaryl/α,β-unsaturated/α-hetero) is 1. The molecular weight excluding hydrogens is 316 g/mol. The molecule has 136 valence electrons. The van der Waals surface area contributed by atoms with Crippen LogP contribution < -0.4 is 11.1 Å². The molecule has 1 aromatic carbocycles. The van der Waals surface area contributed by atoms with E-state index in [-0.39, 0.29) is 30.3 Å². The van der Waals surface area contributed by atoms with Gasteiger partial charge in [0.2, 0.25) is 0 Å². The van der Waals surface area contributed by atoms with Crippen molar-refractivity contribution < 1.29 is 20.1 Å². The molecule has 1 amide bonds. The first-order valence-corrected chi connectivity index (χ1v) is 8.50. The van der Waals surface area contributed by atoms with E-state index in [0.29, 0.717) is 12.8 Å². The van der Waals surface area contributed by atoms with Gasteiger partial charge in [-0.1, -0.05) is 30.3 Å². The molecule has 5 heteroatoms. The van der Waals surface area contributed by atoms with Gasteiger partial charge in [0.05, 0.1) is 11.6 Å². The predicted octanol–water partition coefficient (Wildman–Crippen LogP) is 1.12. The summed E-state index contributed by atoms with van der Waals surface area (Å²) in [6.45, 7) is 5.95. The van der Waals surface area contributed by atoms with Crippen molar-refractivity contribution in [2.45, 2.75) is 57.7 Å². The van der Waals surface area contributed by atoms with Crippen LogP contribution in [-0.4, -0.2) is 36.0 Å². The van der Waals surface area contributed by atoms with E-state index in [9.17, 15) is 9.59 Å². The Hall–Kier alpha value is -2.16. The molecule has 2 atom stereocenters. The first kappa shape index (κ1) is 20.9. The molecule has 0 fully saturated rings. The van der Waals surface area contributed by atoms with Crippen LogP contribution in [0.4, 0.5) is 0 Å². The third-order valence-corrected chi connectivity index (χ3v) is 3.59. The molecule has 0 saturated carbocycles. The lowest BCUT2D eigenvalue weighted by Crippen LogP contribution is -2.71. The molecular formula is C20H29N2O3+. The zero-order valence-corrected chi connectivity index (χ0v) is 15.4. The highest BCUT2D eigenvalue weighted by Crippen LogP contribution is 2.08. The number of ketones is 1. The van der Waals surface area contributed by atoms with Crippen molar-refractivity contribution in [3.05, 3.63) is 35.9 Å². The molecule has 0 spiro atoms. The summed E-state index contributed by atoms with van der Waals surface area (Å²) in [4.78, 5) is 24.8. The van der Waals surface area contributed by atoms with Crippen LogP contribution in [0.3, 0.4) is 0 Å². The first-order valence-electron chi connectivity index (χ1n) is 8.50. The summed E-state index contributed by atoms with van der Waals surface area (Å²) in [7, 11) is 0. The van der Waals surface area contributed by atoms with Crippen LogP contribution in [0.1, 0.15) is 39.2 Å². The number of carbonyl (C=O) groups excluding carboxylic acids is 2. The fraction of sp³-hybridized carbons (Fsp3) is 0.500. The Kier molecular flexibility index (Phi) is 8.33. The van der Waals surface area contributed by atoms with Crippen molar-refractivity contribution in [2.75, 3.05) is 6.61 Å². The molecule has 0 aliphatic carbocycles. The Balaban J connectivity index is 2.73. The van der Waals surface area contributed by atoms with Crippen LogP contribution in [-0.2, 0) is 20.7 Å². The maximum absolute atomic E-state index is 12.4. The number of terminal acetylenes is 1. The second-order valence-corrected chi connectivity index (χ2v) is 7.04. The van der Waals surface area contributed by atoms with Crippen LogP contribution in [0.5, 0.6) is 0 Å². The minimum Gasteiger partial charge on any atom is -0.369 e. The molecule has 0 saturated heterocycles. The van der Waals surface area contributed by atoms with Gasteiger partial charge in [-0.15, -0.1) is 12.3 Å². The van der Waals surface area contributed by atoms with Crippen LogP contribution in [0, 0.1) is 12.3 Å². The fourth-order valence-electron chi connectivity index (χ4n) is 2.18. The molecule has 0 heterocycles. The van der Waals surface area contributed by atoms with Gasteiger partial charge < -0.3 is 15.8 Å². The minimum atomic E-state index is -0.609. The molecule has 5 nitrogen and oxygen atoms in total. The molecule has 0 bridgehead atoms. The van der Waals surface area contributed by atoms with Crippen LogP contribution in [0.25, 0.3) is 0 Å². The number of quaternary nitrogens is 1. The summed E-state index contributed by atoms with van der Waals surface area (Å²) in [6, 6.07) is 8.38. The van der Waals surface area contributed by atoms with Gasteiger partial charge in [0, 0.05) is 12.8 Å². The number of carbonyl (C=O) groups is 2. The number of rotatable bonds is 9. The van der Waals surface area contributed by atoms with Gasteiger partial charge >= 0.3 is 0 Å². The normalized spacial score (nSPS) is 13.6. The standard InChI is InChI=1S/C20H28N2O3/c1-5-6-12-18(23)17(13-15-10-8-7-9-11-15)22-19(24)16(21)14-25-20(2,3)4/h1,7-11,16-17H,6,12-14,21H2,2-4H3,(H,22,24)/p+1/t16-,17-/m0/s1. The van der Waals surface area contributed by atoms with E-state index in [4.69, 9.17) is 11.2 Å². The molecule has 25 heavy (non-hydrogen) atoms. The monoisotopic (exact) mass is 345 g/mol. The van der Waals surface area contributed by atoms with E-state index in [1.165, 1.54) is 0 Å². The molecule has 0 aliphatic heterocycles. The number of amides is 1. The van der Waals surface area contributed by atoms with Gasteiger partial charge in [-0.2, -0.15) is 0 Å². The molecule has 1 rings (SSSR count). The van der Waals surface area contributed by atoms with E-state index >= 15 is 0 Å². The van der Waals surface area contributed by atoms with Crippen LogP contribution in [0.15, 0.2) is 30.3 Å². The zero-order chi connectivity index (χ0) is 18.9. The summed E-state index contributed by atoms with van der Waals surface area (Å²) in [5, 5.41) is 2.81. The topological polar surface area (TPSA) is 83.0 Å². The second-order valence-electron chi connectivity index (χ2n) is 7.04. The highest BCUT2D eigenvalue weighted by atomic mass is 16.5. The Labute approximate surface area is 150 Å². The van der Waals surface area contributed by atoms with Gasteiger partial charge in [0.25, 0.3) is 5.91 Å². The van der Waals surface area contributed by atoms with Crippen molar-refractivity contribution in [2.24, 2.45) is 0 Å². The summed E-state index contributed by atoms with van der Waals surface area (Å²) < 4.78 is 5.60. The highest BCUT2D eigenvalue weighted by Gasteiger charge is 2.26. The lowest BCUT2D eigenvalue weighted by molar-refractivity contribution is -0.413. The van der Waals surface area contributed by atoms with E-state index < -0.39 is 12.1 Å². The van der Waals surface area contributed by atoms with Gasteiger partial charge in [-0.05, 0) is 32.8 Å². The predicted molar refractivity (Wildman–Crippen MR) is 97.5 cm³/mol. The minimum absolute atomic E-state index is 0.0703. The summed E-state index contributed by atoms with van der Waals surface area (Å²) >= 11 is 0. The molecule has 0 aliphatic rings. The fourth-order valence-corrected chi connectivity index (χ4v) is 2.18. The largest absolute Gasteiger partial charge is 0.369 e. The smallest absolute Gasteiger partial charge is 0.281 e. The van der Waals surface area contributed by atoms with Gasteiger partial charge in [0.15, 0.2) is 11.8 Å². The van der Waals surface area contributed by atoms with Crippen LogP contribution >= 0.6 is 0 Å². The van der Waals surface area contributed by atoms with Crippen molar-refractivity contribution in [3.63, 3.8) is 0 Å². The molecule has 0 radical (unpaired) electrons. The molecule has 1 aromatic rings. The average molecular weight is 345 g/mol. The number of benzene rings is 1. The Morgan fingerprint density at radius 1 is 1.28 bits per heavy atom. The molecule has 0 aromatic heterocycles. The van der Waals surface area contributed by atoms with E-state index in [2.05, 4.69) is 17.0 Å². The Bertz CT molecular complexity index is 600. The van der Waals surface area contributed by atoms with E-state index in [1.54, 1.807) is 0 Å². The van der Waals surface area contributed by atoms with Gasteiger partial charge in [0.1, 0.15) is 6.61 Å². The van der Waals surface area contributed by atoms with Crippen molar-refractivity contribution in [3.8, 4) is 12.3 Å². The lowest BCUT2D eigenvalue weighted by atomic mass is 9.99. The van der Waals surface area contributed by atoms with E-state index in [0.717, 1.165) is 5.56 Å². The number of ether oxygens (including phenoxy) is 1. The summed E-state index contributed by atoms with van der Waals surface area (Å²) in [5.41, 5.74) is 4.48. The highest BCUT2D eigenvalue weighted by molar-refractivity contribution is 5.90. The first-order chi connectivity index (χ1) is 11.7. The van der Waals surface area contributed by atoms with Gasteiger partial charge in [-0.3, -0.25) is 9.59 Å². The van der Waals surface area contributed by atoms with E-state index in [1.807, 2.05) is 51.1 Å². The van der Waals surface area contributed by atoms with Crippen molar-refractivity contribution >= 4 is 11.7 Å². The lowest BCUT2D eigenvalue weighted by Gasteiger charge is -2.22.